The smallest absolute Gasteiger partial charge is 0.387 e. The topological polar surface area (TPSA) is 78.9 Å². The first-order valence-electron chi connectivity index (χ1n) is 10.9. The molecule has 2 N–H and O–H groups in total. The number of Topliss-reactive ketones (excluding diaryl/α,β-unsaturated/α-hetero) is 1. The Hall–Kier alpha value is -2.30. The van der Waals surface area contributed by atoms with Gasteiger partial charge in [-0.05, 0) is 67.2 Å². The minimum atomic E-state index is -3.04. The average Bonchev–Trinajstić information content (AvgIpc) is 3.48. The summed E-state index contributed by atoms with van der Waals surface area (Å²) in [7, 11) is 0. The van der Waals surface area contributed by atoms with Crippen LogP contribution < -0.4 is 10.1 Å². The van der Waals surface area contributed by atoms with Crippen LogP contribution >= 0.6 is 34.5 Å². The van der Waals surface area contributed by atoms with Crippen molar-refractivity contribution in [2.24, 2.45) is 0 Å². The van der Waals surface area contributed by atoms with Crippen molar-refractivity contribution in [1.82, 2.24) is 10.2 Å². The van der Waals surface area contributed by atoms with Crippen molar-refractivity contribution in [1.29, 1.82) is 0 Å². The molecule has 0 saturated carbocycles. The number of carbonyl (C=O) groups is 2. The van der Waals surface area contributed by atoms with Crippen LogP contribution in [0.2, 0.25) is 10.0 Å². The standard InChI is InChI=1S/C24H22Cl2F2N2O4S/c25-15-5-3-13-10-20(35-19(13)11-15)22(32)23(33)29-17(12-30-7-1-2-8-30)21(31)14-4-6-18(16(26)9-14)34-24(27)28/h3-6,9-11,17,21,24,31H,1-2,7-8,12H2,(H,29,33). The molecule has 0 radical (unpaired) electrons. The lowest BCUT2D eigenvalue weighted by molar-refractivity contribution is -0.118. The molecule has 1 fully saturated rings. The Bertz CT molecular complexity index is 1230. The zero-order chi connectivity index (χ0) is 25.1. The van der Waals surface area contributed by atoms with Crippen LogP contribution in [0.1, 0.15) is 34.2 Å². The van der Waals surface area contributed by atoms with E-state index in [-0.39, 0.29) is 15.6 Å². The number of carbonyl (C=O) groups excluding carboxylic acids is 2. The monoisotopic (exact) mass is 542 g/mol. The van der Waals surface area contributed by atoms with Crippen LogP contribution in [-0.4, -0.2) is 54.0 Å². The largest absolute Gasteiger partial charge is 0.433 e. The van der Waals surface area contributed by atoms with Crippen molar-refractivity contribution in [2.75, 3.05) is 19.6 Å². The summed E-state index contributed by atoms with van der Waals surface area (Å²) >= 11 is 13.2. The summed E-state index contributed by atoms with van der Waals surface area (Å²) in [6, 6.07) is 9.93. The highest BCUT2D eigenvalue weighted by molar-refractivity contribution is 7.21. The maximum absolute atomic E-state index is 12.9. The van der Waals surface area contributed by atoms with Gasteiger partial charge < -0.3 is 20.1 Å². The first kappa shape index (κ1) is 25.8. The number of ketones is 1. The number of thiophene rings is 1. The van der Waals surface area contributed by atoms with Crippen molar-refractivity contribution in [3.05, 3.63) is 63.0 Å². The number of amides is 1. The molecule has 2 aromatic carbocycles. The normalized spacial score (nSPS) is 15.9. The van der Waals surface area contributed by atoms with Crippen LogP contribution in [0.25, 0.3) is 10.1 Å². The van der Waals surface area contributed by atoms with E-state index < -0.39 is 30.4 Å². The maximum atomic E-state index is 12.9. The van der Waals surface area contributed by atoms with Crippen LogP contribution in [0.4, 0.5) is 8.78 Å². The van der Waals surface area contributed by atoms with Crippen LogP contribution in [-0.2, 0) is 4.79 Å². The summed E-state index contributed by atoms with van der Waals surface area (Å²) < 4.78 is 30.2. The number of hydrogen-bond acceptors (Lipinski definition) is 6. The number of rotatable bonds is 9. The van der Waals surface area contributed by atoms with Gasteiger partial charge in [-0.15, -0.1) is 11.3 Å². The summed E-state index contributed by atoms with van der Waals surface area (Å²) in [5.41, 5.74) is 0.296. The summed E-state index contributed by atoms with van der Waals surface area (Å²) in [6.07, 6.45) is 0.739. The second-order valence-electron chi connectivity index (χ2n) is 8.22. The van der Waals surface area contributed by atoms with E-state index in [0.717, 1.165) is 47.4 Å². The fraction of sp³-hybridized carbons (Fsp3) is 0.333. The van der Waals surface area contributed by atoms with Gasteiger partial charge >= 0.3 is 6.61 Å². The summed E-state index contributed by atoms with van der Waals surface area (Å²) in [5.74, 6) is -1.80. The molecule has 1 saturated heterocycles. The summed E-state index contributed by atoms with van der Waals surface area (Å²) in [6.45, 7) is -1.14. The second-order valence-corrected chi connectivity index (χ2v) is 10.2. The predicted molar refractivity (Wildman–Crippen MR) is 132 cm³/mol. The van der Waals surface area contributed by atoms with Gasteiger partial charge in [0.15, 0.2) is 0 Å². The van der Waals surface area contributed by atoms with E-state index in [9.17, 15) is 23.5 Å². The predicted octanol–water partition coefficient (Wildman–Crippen LogP) is 5.31. The maximum Gasteiger partial charge on any atom is 0.387 e. The number of benzene rings is 2. The molecule has 186 valence electrons. The minimum absolute atomic E-state index is 0.104. The van der Waals surface area contributed by atoms with E-state index in [4.69, 9.17) is 23.2 Å². The van der Waals surface area contributed by atoms with Gasteiger partial charge in [0.1, 0.15) is 11.9 Å². The van der Waals surface area contributed by atoms with Gasteiger partial charge in [0, 0.05) is 16.3 Å². The Morgan fingerprint density at radius 2 is 1.86 bits per heavy atom. The highest BCUT2D eigenvalue weighted by Crippen LogP contribution is 2.31. The van der Waals surface area contributed by atoms with Crippen LogP contribution in [0.5, 0.6) is 5.75 Å². The third-order valence-corrected chi connectivity index (χ3v) is 7.40. The zero-order valence-corrected chi connectivity index (χ0v) is 20.7. The molecule has 35 heavy (non-hydrogen) atoms. The lowest BCUT2D eigenvalue weighted by atomic mass is 10.0. The molecule has 4 rings (SSSR count). The Labute approximate surface area is 214 Å². The second kappa shape index (κ2) is 11.2. The molecular weight excluding hydrogens is 521 g/mol. The molecule has 2 heterocycles. The molecule has 0 aliphatic carbocycles. The van der Waals surface area contributed by atoms with E-state index in [1.165, 1.54) is 18.2 Å². The number of nitrogens with one attached hydrogen (secondary N) is 1. The number of aliphatic hydroxyl groups excluding tert-OH is 1. The first-order valence-corrected chi connectivity index (χ1v) is 12.5. The van der Waals surface area contributed by atoms with E-state index in [1.807, 2.05) is 0 Å². The van der Waals surface area contributed by atoms with Crippen LogP contribution in [0.15, 0.2) is 42.5 Å². The number of alkyl halides is 2. The Kier molecular flexibility index (Phi) is 8.23. The molecule has 0 spiro atoms. The van der Waals surface area contributed by atoms with E-state index >= 15 is 0 Å². The van der Waals surface area contributed by atoms with Gasteiger partial charge in [0.2, 0.25) is 0 Å². The number of ether oxygens (including phenoxy) is 1. The number of fused-ring (bicyclic) bond motifs is 1. The third kappa shape index (κ3) is 6.29. The van der Waals surface area contributed by atoms with E-state index in [1.54, 1.807) is 24.3 Å². The number of likely N-dealkylation sites (tertiary alicyclic amines) is 1. The van der Waals surface area contributed by atoms with Crippen molar-refractivity contribution < 1.29 is 28.2 Å². The van der Waals surface area contributed by atoms with Crippen LogP contribution in [0.3, 0.4) is 0 Å². The number of halogens is 4. The Morgan fingerprint density at radius 3 is 2.54 bits per heavy atom. The fourth-order valence-electron chi connectivity index (χ4n) is 4.06. The lowest BCUT2D eigenvalue weighted by Crippen LogP contribution is -2.48. The van der Waals surface area contributed by atoms with Gasteiger partial charge in [-0.2, -0.15) is 8.78 Å². The Balaban J connectivity index is 1.54. The molecule has 1 aromatic heterocycles. The summed E-state index contributed by atoms with van der Waals surface area (Å²) in [4.78, 5) is 28.1. The molecule has 1 aliphatic rings. The van der Waals surface area contributed by atoms with Crippen molar-refractivity contribution in [2.45, 2.75) is 31.6 Å². The van der Waals surface area contributed by atoms with Crippen molar-refractivity contribution in [3.8, 4) is 5.75 Å². The van der Waals surface area contributed by atoms with E-state index in [0.29, 0.717) is 17.1 Å². The number of hydrogen-bond donors (Lipinski definition) is 2. The average molecular weight is 543 g/mol. The first-order chi connectivity index (χ1) is 16.7. The van der Waals surface area contributed by atoms with Crippen molar-refractivity contribution in [3.63, 3.8) is 0 Å². The number of aliphatic hydroxyl groups is 1. The van der Waals surface area contributed by atoms with Crippen LogP contribution in [0, 0.1) is 0 Å². The molecule has 0 bridgehead atoms. The molecule has 11 heteroatoms. The van der Waals surface area contributed by atoms with Gasteiger partial charge in [-0.3, -0.25) is 9.59 Å². The highest BCUT2D eigenvalue weighted by atomic mass is 35.5. The molecule has 1 amide bonds. The van der Waals surface area contributed by atoms with Gasteiger partial charge in [0.25, 0.3) is 11.7 Å². The molecule has 2 atom stereocenters. The van der Waals surface area contributed by atoms with Crippen molar-refractivity contribution >= 4 is 56.3 Å². The van der Waals surface area contributed by atoms with Gasteiger partial charge in [-0.25, -0.2) is 0 Å². The van der Waals surface area contributed by atoms with E-state index in [2.05, 4.69) is 15.0 Å². The molecule has 3 aromatic rings. The molecular formula is C24H22Cl2F2N2O4S. The minimum Gasteiger partial charge on any atom is -0.433 e. The fourth-order valence-corrected chi connectivity index (χ4v) is 5.56. The molecule has 2 unspecified atom stereocenters. The highest BCUT2D eigenvalue weighted by Gasteiger charge is 2.30. The molecule has 6 nitrogen and oxygen atoms in total. The third-order valence-electron chi connectivity index (χ3n) is 5.78. The van der Waals surface area contributed by atoms with Gasteiger partial charge in [0.05, 0.1) is 15.9 Å². The SMILES string of the molecule is O=C(NC(CN1CCCC1)C(O)c1ccc(OC(F)F)c(Cl)c1)C(=O)c1cc2ccc(Cl)cc2s1. The lowest BCUT2D eigenvalue weighted by Gasteiger charge is -2.28. The summed E-state index contributed by atoms with van der Waals surface area (Å²) in [5, 5.41) is 15.0. The Morgan fingerprint density at radius 1 is 1.11 bits per heavy atom. The number of nitrogens with zero attached hydrogens (tertiary/aromatic N) is 1. The quantitative estimate of drug-likeness (QED) is 0.283. The zero-order valence-electron chi connectivity index (χ0n) is 18.3. The van der Waals surface area contributed by atoms with Gasteiger partial charge in [-0.1, -0.05) is 35.3 Å². The molecule has 1 aliphatic heterocycles.